The Balaban J connectivity index is 3.29. The summed E-state index contributed by atoms with van der Waals surface area (Å²) in [6.45, 7) is 7.84. The van der Waals surface area contributed by atoms with Crippen molar-refractivity contribution < 1.29 is 0 Å². The first kappa shape index (κ1) is 9.71. The number of hydrogen-bond acceptors (Lipinski definition) is 3. The molecule has 0 radical (unpaired) electrons. The molecule has 0 saturated heterocycles. The van der Waals surface area contributed by atoms with Crippen LogP contribution in [0.5, 0.6) is 0 Å². The number of aromatic nitrogens is 2. The Morgan fingerprint density at radius 2 is 1.85 bits per heavy atom. The molecule has 1 rings (SSSR count). The van der Waals surface area contributed by atoms with E-state index in [0.717, 1.165) is 17.1 Å². The van der Waals surface area contributed by atoms with E-state index in [4.69, 9.17) is 5.73 Å². The molecule has 0 spiro atoms. The monoisotopic (exact) mass is 177 g/mol. The van der Waals surface area contributed by atoms with Crippen LogP contribution in [0.25, 0.3) is 6.08 Å². The normalized spacial score (nSPS) is 9.85. The van der Waals surface area contributed by atoms with Crippen molar-refractivity contribution in [3.05, 3.63) is 22.7 Å². The van der Waals surface area contributed by atoms with Crippen LogP contribution in [0.2, 0.25) is 0 Å². The Labute approximate surface area is 78.7 Å². The molecule has 0 saturated carbocycles. The minimum atomic E-state index is 0.561. The van der Waals surface area contributed by atoms with Gasteiger partial charge in [0.05, 0.1) is 5.69 Å². The lowest BCUT2D eigenvalue weighted by molar-refractivity contribution is 1.01. The molecule has 0 aromatic carbocycles. The second kappa shape index (κ2) is 3.56. The van der Waals surface area contributed by atoms with Crippen LogP contribution in [0, 0.1) is 13.8 Å². The molecule has 0 amide bonds. The van der Waals surface area contributed by atoms with E-state index >= 15 is 0 Å². The molecule has 0 aliphatic carbocycles. The van der Waals surface area contributed by atoms with Gasteiger partial charge >= 0.3 is 0 Å². The Morgan fingerprint density at radius 1 is 1.23 bits per heavy atom. The molecule has 0 bridgehead atoms. The summed E-state index contributed by atoms with van der Waals surface area (Å²) in [5, 5.41) is 0. The molecule has 0 atom stereocenters. The molecule has 13 heavy (non-hydrogen) atoms. The van der Waals surface area contributed by atoms with Gasteiger partial charge in [0.1, 0.15) is 11.6 Å². The number of aryl methyl sites for hydroxylation is 2. The third-order valence-corrected chi connectivity index (χ3v) is 1.71. The smallest absolute Gasteiger partial charge is 0.134 e. The number of allylic oxidation sites excluding steroid dienone is 1. The first-order valence-corrected chi connectivity index (χ1v) is 4.26. The lowest BCUT2D eigenvalue weighted by Crippen LogP contribution is -2.02. The van der Waals surface area contributed by atoms with E-state index in [9.17, 15) is 0 Å². The van der Waals surface area contributed by atoms with Crippen molar-refractivity contribution in [2.24, 2.45) is 0 Å². The number of rotatable bonds is 1. The van der Waals surface area contributed by atoms with Crippen molar-refractivity contribution in [2.75, 3.05) is 5.73 Å². The SMILES string of the molecule is CC(C)=Cc1c(C)nc(C)nc1N. The maximum Gasteiger partial charge on any atom is 0.134 e. The second-order valence-electron chi connectivity index (χ2n) is 3.38. The Kier molecular flexibility index (Phi) is 2.66. The molecule has 0 unspecified atom stereocenters. The van der Waals surface area contributed by atoms with Gasteiger partial charge in [-0.1, -0.05) is 11.6 Å². The molecule has 1 heterocycles. The fourth-order valence-corrected chi connectivity index (χ4v) is 1.21. The number of anilines is 1. The average Bonchev–Trinajstić information content (AvgIpc) is 1.96. The lowest BCUT2D eigenvalue weighted by Gasteiger charge is -2.05. The molecule has 0 aliphatic rings. The summed E-state index contributed by atoms with van der Waals surface area (Å²) in [6, 6.07) is 0. The highest BCUT2D eigenvalue weighted by Gasteiger charge is 2.03. The quantitative estimate of drug-likeness (QED) is 0.714. The van der Waals surface area contributed by atoms with Gasteiger partial charge < -0.3 is 5.73 Å². The maximum absolute atomic E-state index is 5.77. The zero-order valence-corrected chi connectivity index (χ0v) is 8.55. The van der Waals surface area contributed by atoms with Gasteiger partial charge in [-0.15, -0.1) is 0 Å². The van der Waals surface area contributed by atoms with Crippen molar-refractivity contribution in [2.45, 2.75) is 27.7 Å². The zero-order chi connectivity index (χ0) is 10.0. The fraction of sp³-hybridized carbons (Fsp3) is 0.400. The third kappa shape index (κ3) is 2.28. The van der Waals surface area contributed by atoms with Crippen molar-refractivity contribution in [1.29, 1.82) is 0 Å². The van der Waals surface area contributed by atoms with Gasteiger partial charge in [0.15, 0.2) is 0 Å². The lowest BCUT2D eigenvalue weighted by atomic mass is 10.1. The fourth-order valence-electron chi connectivity index (χ4n) is 1.21. The van der Waals surface area contributed by atoms with E-state index in [1.807, 2.05) is 33.8 Å². The number of hydrogen-bond donors (Lipinski definition) is 1. The third-order valence-electron chi connectivity index (χ3n) is 1.71. The first-order chi connectivity index (χ1) is 6.00. The van der Waals surface area contributed by atoms with E-state index in [0.29, 0.717) is 5.82 Å². The predicted molar refractivity (Wildman–Crippen MR) is 55.2 cm³/mol. The number of nitrogens with two attached hydrogens (primary N) is 1. The van der Waals surface area contributed by atoms with Crippen molar-refractivity contribution in [3.63, 3.8) is 0 Å². The highest BCUT2D eigenvalue weighted by molar-refractivity contribution is 5.64. The van der Waals surface area contributed by atoms with Crippen molar-refractivity contribution in [3.8, 4) is 0 Å². The largest absolute Gasteiger partial charge is 0.383 e. The summed E-state index contributed by atoms with van der Waals surface area (Å²) in [5.74, 6) is 1.28. The van der Waals surface area contributed by atoms with E-state index in [-0.39, 0.29) is 0 Å². The minimum Gasteiger partial charge on any atom is -0.383 e. The van der Waals surface area contributed by atoms with Crippen LogP contribution in [-0.2, 0) is 0 Å². The maximum atomic E-state index is 5.77. The van der Waals surface area contributed by atoms with Gasteiger partial charge in [-0.2, -0.15) is 0 Å². The first-order valence-electron chi connectivity index (χ1n) is 4.26. The minimum absolute atomic E-state index is 0.561. The van der Waals surface area contributed by atoms with Crippen LogP contribution in [0.1, 0.15) is 30.9 Å². The topological polar surface area (TPSA) is 51.8 Å². The van der Waals surface area contributed by atoms with Gasteiger partial charge in [-0.05, 0) is 27.7 Å². The molecule has 0 fully saturated rings. The van der Waals surface area contributed by atoms with E-state index in [2.05, 4.69) is 9.97 Å². The van der Waals surface area contributed by atoms with Crippen LogP contribution in [0.15, 0.2) is 5.57 Å². The molecule has 70 valence electrons. The standard InChI is InChI=1S/C10H15N3/c1-6(2)5-9-7(3)12-8(4)13-10(9)11/h5H,1-4H3,(H2,11,12,13). The molecule has 0 aliphatic heterocycles. The van der Waals surface area contributed by atoms with Crippen molar-refractivity contribution in [1.82, 2.24) is 9.97 Å². The summed E-state index contributed by atoms with van der Waals surface area (Å²) >= 11 is 0. The van der Waals surface area contributed by atoms with Crippen LogP contribution >= 0.6 is 0 Å². The number of nitrogens with zero attached hydrogens (tertiary/aromatic N) is 2. The summed E-state index contributed by atoms with van der Waals surface area (Å²) in [6.07, 6.45) is 2.00. The van der Waals surface area contributed by atoms with E-state index in [1.54, 1.807) is 0 Å². The second-order valence-corrected chi connectivity index (χ2v) is 3.38. The van der Waals surface area contributed by atoms with Gasteiger partial charge in [0.2, 0.25) is 0 Å². The van der Waals surface area contributed by atoms with Gasteiger partial charge in [0, 0.05) is 5.56 Å². The summed E-state index contributed by atoms with van der Waals surface area (Å²) in [5.41, 5.74) is 8.84. The van der Waals surface area contributed by atoms with Gasteiger partial charge in [-0.3, -0.25) is 0 Å². The highest BCUT2D eigenvalue weighted by Crippen LogP contribution is 2.16. The number of nitrogen functional groups attached to an aromatic ring is 1. The van der Waals surface area contributed by atoms with Crippen LogP contribution in [0.3, 0.4) is 0 Å². The highest BCUT2D eigenvalue weighted by atomic mass is 14.9. The Morgan fingerprint density at radius 3 is 2.31 bits per heavy atom. The van der Waals surface area contributed by atoms with Crippen LogP contribution in [-0.4, -0.2) is 9.97 Å². The summed E-state index contributed by atoms with van der Waals surface area (Å²) in [4.78, 5) is 8.36. The molecule has 2 N–H and O–H groups in total. The average molecular weight is 177 g/mol. The Hall–Kier alpha value is -1.38. The van der Waals surface area contributed by atoms with Gasteiger partial charge in [-0.25, -0.2) is 9.97 Å². The van der Waals surface area contributed by atoms with Crippen molar-refractivity contribution >= 4 is 11.9 Å². The van der Waals surface area contributed by atoms with E-state index in [1.165, 1.54) is 5.57 Å². The molecule has 3 heteroatoms. The predicted octanol–water partition coefficient (Wildman–Crippen LogP) is 2.10. The summed E-state index contributed by atoms with van der Waals surface area (Å²) < 4.78 is 0. The molecular formula is C10H15N3. The Bertz CT molecular complexity index is 326. The molecule has 1 aromatic rings. The molecular weight excluding hydrogens is 162 g/mol. The summed E-state index contributed by atoms with van der Waals surface area (Å²) in [7, 11) is 0. The van der Waals surface area contributed by atoms with Crippen LogP contribution < -0.4 is 5.73 Å². The van der Waals surface area contributed by atoms with E-state index < -0.39 is 0 Å². The molecule has 3 nitrogen and oxygen atoms in total. The zero-order valence-electron chi connectivity index (χ0n) is 8.55. The van der Waals surface area contributed by atoms with Crippen LogP contribution in [0.4, 0.5) is 5.82 Å². The molecule has 1 aromatic heterocycles. The van der Waals surface area contributed by atoms with Gasteiger partial charge in [0.25, 0.3) is 0 Å².